The Morgan fingerprint density at radius 1 is 0.473 bits per heavy atom. The number of piperidine rings is 2. The van der Waals surface area contributed by atoms with Crippen molar-refractivity contribution in [1.29, 1.82) is 5.26 Å². The summed E-state index contributed by atoms with van der Waals surface area (Å²) in [4.78, 5) is 116. The lowest BCUT2D eigenvalue weighted by Gasteiger charge is -2.46. The van der Waals surface area contributed by atoms with Crippen LogP contribution in [0.4, 0.5) is 0 Å². The molecule has 32 heteroatoms. The zero-order chi connectivity index (χ0) is 112. The number of carboxylic acid groups (broad SMARTS) is 1. The second-order valence-electron chi connectivity index (χ2n) is 54.5. The number of amides is 5. The first-order valence-electron chi connectivity index (χ1n) is 55.2. The molecule has 14 rings (SSSR count). The number of aromatic nitrogens is 3. The predicted molar refractivity (Wildman–Crippen MR) is 586 cm³/mol. The largest absolute Gasteiger partial charge is 0.480 e. The summed E-state index contributed by atoms with van der Waals surface area (Å²) in [6.07, 6.45) is 19.1. The molecule has 0 radical (unpaired) electrons. The number of likely N-dealkylation sites (tertiary alicyclic amines) is 4. The lowest BCUT2D eigenvalue weighted by molar-refractivity contribution is -0.156. The maximum Gasteiger partial charge on any atom is 0.329 e. The van der Waals surface area contributed by atoms with Crippen LogP contribution in [-0.2, 0) is 47.8 Å². The molecule has 146 heavy (non-hydrogen) atoms. The van der Waals surface area contributed by atoms with Crippen molar-refractivity contribution in [2.75, 3.05) is 164 Å². The minimum absolute atomic E-state index is 0.000141. The molecule has 1 aromatic rings. The van der Waals surface area contributed by atoms with Gasteiger partial charge in [0.2, 0.25) is 29.5 Å². The monoisotopic (exact) mass is 2060 g/mol. The fraction of sp³-hybridized carbons (Fsp3) is 0.886. The standard InChI is InChI=1S/C12H21N3O.C12H21N3.C12H22N2O3.C12H22N2O.C11H20N4.C11H20N2O3.C11H22N2O2.C9H18O.C9H16O.C8H16O.C7H14O/c1-10-9-14(12(2,3)4)7-8-15(10)11(16)5-6-13;1-12(2,3)15-6-4-10(5-7-15)11-8-13-14-9-11;1-9(15)14-7-6-13(12(2,3)4)8-10(14)11(16)17-5;1-9(15)13-5-10-7-14(12(2,3)4)8-11(10)6-13;1-11(2,3)14-7-4-10(5-8-14)15-9-6-12-13-15;1-8(14)13-6-5-12(11(2,3)4)7-9(13)10(15)16;1-9(15)13-6-5-12(11(2,3)4)7-10(13)8-14;2*1-9(2,3)7-5-4-6-8(7)10;1-8(2,3)6-4-7(9)5-6;1-7(2,3)6-4-8-5-6/h10H,5,7-9H2,1-4H3;8,10H,4-7,9H2,1-3H3;10H,6-8H2,1-5H3;10-11H,5-8H2,1-4H3;6,9-10H,4-5,7-8H2,1-3H3;9H,5-7H2,1-4H3,(H,15,16);10,14H,5-8H2,1-4H3;7-8,10H,4-6H2,1-3H3;7H,4-6H2,1-3H3;6-7,9H,4-5H2,1-3H3;6H,4-5H2,1-3H3. The van der Waals surface area contributed by atoms with Gasteiger partial charge in [-0.25, -0.2) is 14.3 Å². The van der Waals surface area contributed by atoms with E-state index in [4.69, 9.17) is 24.9 Å². The van der Waals surface area contributed by atoms with Crippen LogP contribution in [0.1, 0.15) is 353 Å². The average molecular weight is 2060 g/mol. The molecule has 0 spiro atoms. The van der Waals surface area contributed by atoms with Crippen molar-refractivity contribution in [1.82, 2.24) is 73.8 Å². The minimum atomic E-state index is -0.927. The van der Waals surface area contributed by atoms with E-state index in [0.29, 0.717) is 89.0 Å². The number of rotatable bonds is 6. The van der Waals surface area contributed by atoms with Crippen LogP contribution in [0.15, 0.2) is 34.4 Å². The van der Waals surface area contributed by atoms with E-state index in [0.717, 1.165) is 168 Å². The summed E-state index contributed by atoms with van der Waals surface area (Å²) in [6, 6.07) is 1.43. The molecule has 0 aromatic carbocycles. The normalized spacial score (nSPS) is 25.9. The highest BCUT2D eigenvalue weighted by molar-refractivity contribution is 5.85. The van der Waals surface area contributed by atoms with Crippen LogP contribution in [0.25, 0.3) is 0 Å². The number of aliphatic hydroxyl groups excluding tert-OH is 3. The first-order chi connectivity index (χ1) is 66.9. The molecule has 0 bridgehead atoms. The molecule has 9 saturated heterocycles. The van der Waals surface area contributed by atoms with Gasteiger partial charge < -0.3 is 54.4 Å². The van der Waals surface area contributed by atoms with Gasteiger partial charge in [0.25, 0.3) is 0 Å². The van der Waals surface area contributed by atoms with Crippen LogP contribution in [0, 0.1) is 74.4 Å². The van der Waals surface area contributed by atoms with Gasteiger partial charge in [0.1, 0.15) is 24.3 Å². The Morgan fingerprint density at radius 2 is 0.904 bits per heavy atom. The maximum absolute atomic E-state index is 11.7. The number of hydrogen-bond donors (Lipinski definition) is 4. The molecule has 5 amide bonds. The molecule has 9 unspecified atom stereocenters. The van der Waals surface area contributed by atoms with Crippen LogP contribution >= 0.6 is 0 Å². The predicted octanol–water partition coefficient (Wildman–Crippen LogP) is 16.3. The van der Waals surface area contributed by atoms with E-state index in [1.165, 1.54) is 83.0 Å². The molecule has 3 aliphatic carbocycles. The summed E-state index contributed by atoms with van der Waals surface area (Å²) in [5.41, 5.74) is 3.94. The van der Waals surface area contributed by atoms with Crippen LogP contribution in [-0.4, -0.2) is 381 Å². The van der Waals surface area contributed by atoms with Gasteiger partial charge in [-0.05, 0) is 286 Å². The Balaban J connectivity index is 0.000000337. The molecule has 13 aliphatic rings. The summed E-state index contributed by atoms with van der Waals surface area (Å²) in [5, 5.41) is 61.4. The SMILES string of the molecule is CC(=O)N1CC2CN(C(C)(C)C)CC2C1.CC(=O)N1CCN(C(C)(C)C)CC1C(=O)O.CC(=O)N1CCN(C(C)(C)C)CC1CO.CC(C)(C)C1CC(O)C1.CC(C)(C)C1CCCC1=O.CC(C)(C)C1CCCC1O.CC(C)(C)C1COC1.CC(C)(C)N1CCC(C2=CN=NC2)CC1.CC(C)(C)N1CCC(n2ccnn2)CC1.CC1CN(C(C)(C)C)CCN1C(=O)CC#N.COC(=O)C1CN(C(C)(C)C)CCN1C(C)=O. The van der Waals surface area contributed by atoms with Crippen LogP contribution < -0.4 is 0 Å². The molecular formula is C114H212N18O14. The number of esters is 1. The number of aliphatic hydroxyl groups is 3. The van der Waals surface area contributed by atoms with E-state index in [2.05, 4.69) is 283 Å². The fourth-order valence-electron chi connectivity index (χ4n) is 21.4. The van der Waals surface area contributed by atoms with Gasteiger partial charge in [-0.2, -0.15) is 15.5 Å². The molecule has 10 aliphatic heterocycles. The smallest absolute Gasteiger partial charge is 0.329 e. The molecule has 4 N–H and O–H groups in total. The number of ketones is 1. The van der Waals surface area contributed by atoms with Gasteiger partial charge in [0, 0.05) is 215 Å². The zero-order valence-electron chi connectivity index (χ0n) is 99.4. The number of piperazine rings is 4. The Kier molecular flexibility index (Phi) is 51.4. The molecule has 3 saturated carbocycles. The third-order valence-corrected chi connectivity index (χ3v) is 32.2. The summed E-state index contributed by atoms with van der Waals surface area (Å²) < 4.78 is 11.8. The van der Waals surface area contributed by atoms with E-state index in [1.807, 2.05) is 39.9 Å². The van der Waals surface area contributed by atoms with E-state index in [9.17, 15) is 48.6 Å². The van der Waals surface area contributed by atoms with Gasteiger partial charge in [0.05, 0.1) is 76.2 Å². The van der Waals surface area contributed by atoms with Crippen molar-refractivity contribution < 1.29 is 68.3 Å². The van der Waals surface area contributed by atoms with Gasteiger partial charge in [-0.3, -0.25) is 63.1 Å². The quantitative estimate of drug-likeness (QED) is 0.192. The first kappa shape index (κ1) is 132. The molecular weight excluding hydrogens is 1850 g/mol. The van der Waals surface area contributed by atoms with Gasteiger partial charge in [-0.15, -0.1) is 5.10 Å². The average Bonchev–Trinajstić information content (AvgIpc) is 1.63. The van der Waals surface area contributed by atoms with Gasteiger partial charge in [0.15, 0.2) is 0 Å². The number of methoxy groups -OCH3 is 1. The number of nitriles is 1. The lowest BCUT2D eigenvalue weighted by Crippen LogP contribution is -2.61. The second-order valence-corrected chi connectivity index (χ2v) is 54.5. The Bertz CT molecular complexity index is 4210. The van der Waals surface area contributed by atoms with Gasteiger partial charge >= 0.3 is 11.9 Å². The van der Waals surface area contributed by atoms with Crippen molar-refractivity contribution in [3.8, 4) is 6.07 Å². The van der Waals surface area contributed by atoms with Crippen molar-refractivity contribution in [2.24, 2.45) is 73.3 Å². The maximum atomic E-state index is 11.7. The van der Waals surface area contributed by atoms with Crippen LogP contribution in [0.5, 0.6) is 0 Å². The Hall–Kier alpha value is -6.51. The third kappa shape index (κ3) is 43.6. The Morgan fingerprint density at radius 3 is 1.21 bits per heavy atom. The number of nitrogens with zero attached hydrogens (tertiary/aromatic N) is 18. The molecule has 32 nitrogen and oxygen atoms in total. The number of fused-ring (bicyclic) bond motifs is 1. The number of hydrogen-bond acceptors (Lipinski definition) is 25. The van der Waals surface area contributed by atoms with E-state index in [1.54, 1.807) is 29.8 Å². The number of Topliss-reactive ketones (excluding diaryl/α,β-unsaturated/α-hetero) is 1. The number of carbonyl (C=O) groups excluding carboxylic acids is 7. The van der Waals surface area contributed by atoms with Crippen molar-refractivity contribution >= 4 is 47.3 Å². The topological polar surface area (TPSA) is 354 Å². The minimum Gasteiger partial charge on any atom is -0.480 e. The van der Waals surface area contributed by atoms with Crippen molar-refractivity contribution in [3.63, 3.8) is 0 Å². The van der Waals surface area contributed by atoms with Crippen LogP contribution in [0.3, 0.4) is 0 Å². The third-order valence-electron chi connectivity index (χ3n) is 32.2. The summed E-state index contributed by atoms with van der Waals surface area (Å²) >= 11 is 0. The fourth-order valence-corrected chi connectivity index (χ4v) is 21.4. The number of azo groups is 1. The number of carbonyl (C=O) groups is 8. The van der Waals surface area contributed by atoms with E-state index in [-0.39, 0.29) is 106 Å². The zero-order valence-corrected chi connectivity index (χ0v) is 99.4. The molecule has 842 valence electrons. The highest BCUT2D eigenvalue weighted by atomic mass is 16.5. The Labute approximate surface area is 885 Å². The lowest BCUT2D eigenvalue weighted by atomic mass is 9.67. The molecule has 9 atom stereocenters. The summed E-state index contributed by atoms with van der Waals surface area (Å²) in [5.74, 6) is 3.84. The summed E-state index contributed by atoms with van der Waals surface area (Å²) in [7, 11) is 1.36. The second kappa shape index (κ2) is 56.9. The molecule has 11 heterocycles. The highest BCUT2D eigenvalue weighted by Gasteiger charge is 2.47. The number of carboxylic acids is 1. The summed E-state index contributed by atoms with van der Waals surface area (Å²) in [6.45, 7) is 101. The molecule has 12 fully saturated rings. The van der Waals surface area contributed by atoms with E-state index >= 15 is 0 Å². The number of ether oxygens (including phenoxy) is 2. The van der Waals surface area contributed by atoms with Crippen LogP contribution in [0.2, 0.25) is 0 Å². The van der Waals surface area contributed by atoms with Gasteiger partial charge in [-0.1, -0.05) is 94.7 Å². The number of aliphatic carboxylic acids is 1. The highest BCUT2D eigenvalue weighted by Crippen LogP contribution is 2.43. The van der Waals surface area contributed by atoms with Crippen molar-refractivity contribution in [2.45, 2.75) is 428 Å². The molecule has 1 aromatic heterocycles. The van der Waals surface area contributed by atoms with E-state index < -0.39 is 18.1 Å². The first-order valence-corrected chi connectivity index (χ1v) is 55.2. The van der Waals surface area contributed by atoms with Crippen molar-refractivity contribution in [3.05, 3.63) is 24.2 Å².